The number of hydrogen-bond acceptors (Lipinski definition) is 4. The van der Waals surface area contributed by atoms with Crippen LogP contribution in [0.5, 0.6) is 11.5 Å². The average Bonchev–Trinajstić information content (AvgIpc) is 2.21. The average molecular weight is 247 g/mol. The lowest BCUT2D eigenvalue weighted by molar-refractivity contribution is -0.137. The van der Waals surface area contributed by atoms with Gasteiger partial charge in [-0.05, 0) is 12.1 Å². The predicted octanol–water partition coefficient (Wildman–Crippen LogP) is 1.72. The van der Waals surface area contributed by atoms with E-state index in [2.05, 4.69) is 4.74 Å². The molecular weight excluding hydrogens is 236 g/mol. The lowest BCUT2D eigenvalue weighted by Crippen LogP contribution is -2.07. The Morgan fingerprint density at radius 2 is 2.18 bits per heavy atom. The smallest absolute Gasteiger partial charge is 0.387 e. The normalized spacial score (nSPS) is 10.3. The number of ether oxygens (including phenoxy) is 2. The Morgan fingerprint density at radius 3 is 2.76 bits per heavy atom. The van der Waals surface area contributed by atoms with Crippen molar-refractivity contribution in [2.45, 2.75) is 13.0 Å². The molecule has 0 aromatic heterocycles. The number of hydrogen-bond donors (Lipinski definition) is 2. The van der Waals surface area contributed by atoms with E-state index in [0.29, 0.717) is 0 Å². The van der Waals surface area contributed by atoms with Crippen molar-refractivity contribution in [3.63, 3.8) is 0 Å². The van der Waals surface area contributed by atoms with Gasteiger partial charge in [0.1, 0.15) is 11.5 Å². The van der Waals surface area contributed by atoms with E-state index in [-0.39, 0.29) is 30.2 Å². The van der Waals surface area contributed by atoms with Gasteiger partial charge < -0.3 is 20.3 Å². The molecule has 0 radical (unpaired) electrons. The fourth-order valence-electron chi connectivity index (χ4n) is 1.06. The maximum atomic E-state index is 11.9. The first kappa shape index (κ1) is 13.0. The number of aliphatic carboxylic acids is 1. The summed E-state index contributed by atoms with van der Waals surface area (Å²) in [7, 11) is 0. The fourth-order valence-corrected chi connectivity index (χ4v) is 1.06. The molecule has 5 nitrogen and oxygen atoms in total. The molecule has 1 aromatic carbocycles. The summed E-state index contributed by atoms with van der Waals surface area (Å²) in [4.78, 5) is 10.3. The zero-order valence-corrected chi connectivity index (χ0v) is 8.73. The van der Waals surface area contributed by atoms with Crippen LogP contribution >= 0.6 is 0 Å². The molecule has 0 unspecified atom stereocenters. The van der Waals surface area contributed by atoms with Crippen molar-refractivity contribution in [1.29, 1.82) is 0 Å². The number of anilines is 1. The summed E-state index contributed by atoms with van der Waals surface area (Å²) in [6.07, 6.45) is -0.209. The zero-order valence-electron chi connectivity index (χ0n) is 8.73. The van der Waals surface area contributed by atoms with E-state index in [1.54, 1.807) is 0 Å². The second-order valence-corrected chi connectivity index (χ2v) is 3.07. The third kappa shape index (κ3) is 4.54. The van der Waals surface area contributed by atoms with Crippen LogP contribution in [0.2, 0.25) is 0 Å². The number of nitrogen functional groups attached to an aromatic ring is 1. The van der Waals surface area contributed by atoms with Crippen molar-refractivity contribution in [2.75, 3.05) is 12.3 Å². The minimum Gasteiger partial charge on any atom is -0.491 e. The van der Waals surface area contributed by atoms with E-state index in [0.717, 1.165) is 0 Å². The molecule has 7 heteroatoms. The Labute approximate surface area is 95.7 Å². The van der Waals surface area contributed by atoms with Crippen LogP contribution in [0.3, 0.4) is 0 Å². The highest BCUT2D eigenvalue weighted by molar-refractivity contribution is 5.66. The van der Waals surface area contributed by atoms with Gasteiger partial charge in [0, 0.05) is 6.07 Å². The van der Waals surface area contributed by atoms with Gasteiger partial charge in [-0.25, -0.2) is 0 Å². The van der Waals surface area contributed by atoms with Crippen molar-refractivity contribution >= 4 is 11.7 Å². The number of carboxylic acids is 1. The van der Waals surface area contributed by atoms with Crippen LogP contribution in [0.15, 0.2) is 18.2 Å². The Bertz CT molecular complexity index is 398. The Balaban J connectivity index is 2.66. The molecule has 3 N–H and O–H groups in total. The van der Waals surface area contributed by atoms with Gasteiger partial charge in [0.25, 0.3) is 0 Å². The topological polar surface area (TPSA) is 81.8 Å². The van der Waals surface area contributed by atoms with Gasteiger partial charge in [-0.2, -0.15) is 8.78 Å². The van der Waals surface area contributed by atoms with Gasteiger partial charge >= 0.3 is 12.6 Å². The largest absolute Gasteiger partial charge is 0.491 e. The number of nitrogens with two attached hydrogens (primary N) is 1. The molecule has 0 bridgehead atoms. The molecule has 0 spiro atoms. The Morgan fingerprint density at radius 1 is 1.47 bits per heavy atom. The molecule has 0 heterocycles. The first-order valence-corrected chi connectivity index (χ1v) is 4.68. The molecule has 1 rings (SSSR count). The monoisotopic (exact) mass is 247 g/mol. The maximum absolute atomic E-state index is 11.9. The molecule has 0 atom stereocenters. The van der Waals surface area contributed by atoms with Gasteiger partial charge in [0.05, 0.1) is 18.7 Å². The standard InChI is InChI=1S/C10H11F2NO4/c11-10(12)17-6-1-2-7(13)8(5-6)16-4-3-9(14)15/h1-2,5,10H,3-4,13H2,(H,14,15). The molecule has 0 amide bonds. The molecule has 0 aliphatic carbocycles. The number of alkyl halides is 2. The van der Waals surface area contributed by atoms with Crippen molar-refractivity contribution in [3.05, 3.63) is 18.2 Å². The van der Waals surface area contributed by atoms with E-state index in [1.807, 2.05) is 0 Å². The van der Waals surface area contributed by atoms with E-state index < -0.39 is 12.6 Å². The molecule has 0 saturated carbocycles. The lowest BCUT2D eigenvalue weighted by atomic mass is 10.3. The first-order chi connectivity index (χ1) is 7.99. The van der Waals surface area contributed by atoms with Gasteiger partial charge in [-0.1, -0.05) is 0 Å². The Hall–Kier alpha value is -2.05. The first-order valence-electron chi connectivity index (χ1n) is 4.68. The summed E-state index contributed by atoms with van der Waals surface area (Å²) in [5.41, 5.74) is 5.74. The maximum Gasteiger partial charge on any atom is 0.387 e. The highest BCUT2D eigenvalue weighted by Crippen LogP contribution is 2.27. The van der Waals surface area contributed by atoms with Crippen molar-refractivity contribution in [2.24, 2.45) is 0 Å². The molecule has 0 saturated heterocycles. The number of halogens is 2. The summed E-state index contributed by atoms with van der Waals surface area (Å²) >= 11 is 0. The van der Waals surface area contributed by atoms with Gasteiger partial charge in [-0.3, -0.25) is 4.79 Å². The highest BCUT2D eigenvalue weighted by Gasteiger charge is 2.08. The van der Waals surface area contributed by atoms with Crippen LogP contribution in [0.1, 0.15) is 6.42 Å². The number of carbonyl (C=O) groups is 1. The van der Waals surface area contributed by atoms with Crippen molar-refractivity contribution < 1.29 is 28.2 Å². The van der Waals surface area contributed by atoms with Crippen molar-refractivity contribution in [1.82, 2.24) is 0 Å². The molecule has 1 aromatic rings. The minimum absolute atomic E-state index is 0.0977. The molecule has 17 heavy (non-hydrogen) atoms. The van der Waals surface area contributed by atoms with Gasteiger partial charge in [0.2, 0.25) is 0 Å². The summed E-state index contributed by atoms with van der Waals surface area (Å²) < 4.78 is 33.1. The minimum atomic E-state index is -2.94. The molecule has 0 fully saturated rings. The number of rotatable bonds is 6. The summed E-state index contributed by atoms with van der Waals surface area (Å²) in [5, 5.41) is 8.40. The van der Waals surface area contributed by atoms with E-state index in [1.165, 1.54) is 18.2 Å². The highest BCUT2D eigenvalue weighted by atomic mass is 19.3. The van der Waals surface area contributed by atoms with Crippen molar-refractivity contribution in [3.8, 4) is 11.5 Å². The summed E-state index contributed by atoms with van der Waals surface area (Å²) in [6.45, 7) is -3.04. The number of carboxylic acid groups (broad SMARTS) is 1. The molecule has 0 aliphatic rings. The fraction of sp³-hybridized carbons (Fsp3) is 0.300. The third-order valence-corrected chi connectivity index (χ3v) is 1.78. The van der Waals surface area contributed by atoms with Gasteiger partial charge in [-0.15, -0.1) is 0 Å². The second kappa shape index (κ2) is 5.88. The van der Waals surface area contributed by atoms with E-state index >= 15 is 0 Å². The van der Waals surface area contributed by atoms with Crippen LogP contribution in [-0.2, 0) is 4.79 Å². The van der Waals surface area contributed by atoms with Gasteiger partial charge in [0.15, 0.2) is 0 Å². The van der Waals surface area contributed by atoms with Crippen LogP contribution in [0.4, 0.5) is 14.5 Å². The van der Waals surface area contributed by atoms with Crippen LogP contribution < -0.4 is 15.2 Å². The van der Waals surface area contributed by atoms with Crippen LogP contribution in [0.25, 0.3) is 0 Å². The third-order valence-electron chi connectivity index (χ3n) is 1.78. The van der Waals surface area contributed by atoms with Crippen LogP contribution in [0, 0.1) is 0 Å². The molecule has 0 aliphatic heterocycles. The predicted molar refractivity (Wildman–Crippen MR) is 55.2 cm³/mol. The summed E-state index contributed by atoms with van der Waals surface area (Å²) in [6, 6.07) is 3.79. The van der Waals surface area contributed by atoms with E-state index in [4.69, 9.17) is 15.6 Å². The quantitative estimate of drug-likeness (QED) is 0.748. The van der Waals surface area contributed by atoms with Crippen LogP contribution in [-0.4, -0.2) is 24.3 Å². The number of benzene rings is 1. The second-order valence-electron chi connectivity index (χ2n) is 3.07. The van der Waals surface area contributed by atoms with E-state index in [9.17, 15) is 13.6 Å². The zero-order chi connectivity index (χ0) is 12.8. The summed E-state index contributed by atoms with van der Waals surface area (Å²) in [5.74, 6) is -1.01. The Kier molecular flexibility index (Phi) is 4.50. The SMILES string of the molecule is Nc1ccc(OC(F)F)cc1OCCC(=O)O. The molecule has 94 valence electrons. The lowest BCUT2D eigenvalue weighted by Gasteiger charge is -2.10. The molecular formula is C10H11F2NO4.